The Kier molecular flexibility index (Phi) is 3.04. The van der Waals surface area contributed by atoms with Crippen LogP contribution in [-0.2, 0) is 5.60 Å². The third kappa shape index (κ3) is 1.66. The number of rotatable bonds is 3. The molecule has 2 nitrogen and oxygen atoms in total. The number of benzene rings is 1. The molecule has 1 fully saturated rings. The maximum absolute atomic E-state index is 10.9. The quantitative estimate of drug-likeness (QED) is 0.820. The molecule has 0 saturated heterocycles. The molecule has 3 N–H and O–H groups in total. The van der Waals surface area contributed by atoms with Gasteiger partial charge in [-0.1, -0.05) is 43.2 Å². The van der Waals surface area contributed by atoms with Crippen molar-refractivity contribution in [2.45, 2.75) is 38.2 Å². The predicted molar refractivity (Wildman–Crippen MR) is 66.0 cm³/mol. The van der Waals surface area contributed by atoms with Crippen LogP contribution in [0.2, 0.25) is 0 Å². The molecule has 1 aliphatic carbocycles. The summed E-state index contributed by atoms with van der Waals surface area (Å²) in [5.74, 6) is 0. The second-order valence-electron chi connectivity index (χ2n) is 5.13. The van der Waals surface area contributed by atoms with Gasteiger partial charge in [-0.2, -0.15) is 0 Å². The molecule has 0 amide bonds. The first-order valence-electron chi connectivity index (χ1n) is 6.10. The summed E-state index contributed by atoms with van der Waals surface area (Å²) in [6.45, 7) is 2.48. The molecule has 1 aromatic carbocycles. The highest BCUT2D eigenvalue weighted by Gasteiger charge is 2.48. The Bertz CT molecular complexity index is 339. The molecule has 0 aliphatic heterocycles. The summed E-state index contributed by atoms with van der Waals surface area (Å²) in [4.78, 5) is 0. The summed E-state index contributed by atoms with van der Waals surface area (Å²) in [6.07, 6.45) is 4.43. The molecule has 1 atom stereocenters. The number of hydrogen-bond donors (Lipinski definition) is 2. The van der Waals surface area contributed by atoms with E-state index in [1.54, 1.807) is 0 Å². The van der Waals surface area contributed by atoms with Crippen molar-refractivity contribution in [2.75, 3.05) is 6.54 Å². The molecule has 1 aliphatic rings. The summed E-state index contributed by atoms with van der Waals surface area (Å²) in [7, 11) is 0. The van der Waals surface area contributed by atoms with Crippen molar-refractivity contribution < 1.29 is 5.11 Å². The molecule has 1 aromatic rings. The van der Waals surface area contributed by atoms with Crippen LogP contribution in [0.5, 0.6) is 0 Å². The van der Waals surface area contributed by atoms with Crippen LogP contribution in [0.4, 0.5) is 0 Å². The lowest BCUT2D eigenvalue weighted by Gasteiger charge is -2.42. The minimum atomic E-state index is -0.806. The summed E-state index contributed by atoms with van der Waals surface area (Å²) in [5.41, 5.74) is 5.98. The first-order valence-corrected chi connectivity index (χ1v) is 6.10. The lowest BCUT2D eigenvalue weighted by molar-refractivity contribution is -0.0693. The van der Waals surface area contributed by atoms with Gasteiger partial charge in [-0.15, -0.1) is 0 Å². The van der Waals surface area contributed by atoms with E-state index < -0.39 is 5.60 Å². The Morgan fingerprint density at radius 2 is 1.81 bits per heavy atom. The monoisotopic (exact) mass is 219 g/mol. The topological polar surface area (TPSA) is 46.2 Å². The normalized spacial score (nSPS) is 22.9. The second kappa shape index (κ2) is 4.19. The average Bonchev–Trinajstić information content (AvgIpc) is 2.80. The smallest absolute Gasteiger partial charge is 0.0936 e. The van der Waals surface area contributed by atoms with Crippen molar-refractivity contribution in [1.29, 1.82) is 0 Å². The van der Waals surface area contributed by atoms with Gasteiger partial charge in [-0.3, -0.25) is 0 Å². The SMILES string of the molecule is CC(O)(c1ccccc1)C1(CN)CCCC1. The molecule has 0 radical (unpaired) electrons. The van der Waals surface area contributed by atoms with Crippen molar-refractivity contribution in [3.63, 3.8) is 0 Å². The van der Waals surface area contributed by atoms with E-state index in [0.717, 1.165) is 18.4 Å². The van der Waals surface area contributed by atoms with Gasteiger partial charge in [0.05, 0.1) is 5.60 Å². The average molecular weight is 219 g/mol. The minimum absolute atomic E-state index is 0.131. The second-order valence-corrected chi connectivity index (χ2v) is 5.13. The molecule has 0 spiro atoms. The van der Waals surface area contributed by atoms with Gasteiger partial charge in [0.2, 0.25) is 0 Å². The maximum Gasteiger partial charge on any atom is 0.0936 e. The molecule has 1 saturated carbocycles. The van der Waals surface area contributed by atoms with Crippen LogP contribution in [-0.4, -0.2) is 11.7 Å². The van der Waals surface area contributed by atoms with Gasteiger partial charge in [0.25, 0.3) is 0 Å². The van der Waals surface area contributed by atoms with Crippen molar-refractivity contribution in [3.05, 3.63) is 35.9 Å². The minimum Gasteiger partial charge on any atom is -0.385 e. The molecule has 2 heteroatoms. The van der Waals surface area contributed by atoms with Crippen molar-refractivity contribution in [3.8, 4) is 0 Å². The van der Waals surface area contributed by atoms with Gasteiger partial charge in [0.15, 0.2) is 0 Å². The summed E-state index contributed by atoms with van der Waals surface area (Å²) in [6, 6.07) is 9.92. The van der Waals surface area contributed by atoms with Crippen molar-refractivity contribution >= 4 is 0 Å². The molecule has 16 heavy (non-hydrogen) atoms. The van der Waals surface area contributed by atoms with Crippen LogP contribution in [0, 0.1) is 5.41 Å². The van der Waals surface area contributed by atoms with Crippen LogP contribution < -0.4 is 5.73 Å². The molecule has 0 bridgehead atoms. The van der Waals surface area contributed by atoms with E-state index in [1.807, 2.05) is 37.3 Å². The first-order chi connectivity index (χ1) is 7.62. The number of nitrogens with two attached hydrogens (primary N) is 1. The largest absolute Gasteiger partial charge is 0.385 e. The third-order valence-corrected chi connectivity index (χ3v) is 4.32. The Morgan fingerprint density at radius 1 is 1.25 bits per heavy atom. The predicted octanol–water partition coefficient (Wildman–Crippen LogP) is 2.41. The molecular formula is C14H21NO. The fourth-order valence-corrected chi connectivity index (χ4v) is 3.01. The van der Waals surface area contributed by atoms with E-state index in [9.17, 15) is 5.11 Å². The maximum atomic E-state index is 10.9. The molecule has 0 aromatic heterocycles. The van der Waals surface area contributed by atoms with Gasteiger partial charge in [0, 0.05) is 12.0 Å². The van der Waals surface area contributed by atoms with E-state index >= 15 is 0 Å². The molecule has 0 heterocycles. The van der Waals surface area contributed by atoms with Crippen LogP contribution in [0.25, 0.3) is 0 Å². The Morgan fingerprint density at radius 3 is 2.31 bits per heavy atom. The molecule has 1 unspecified atom stereocenters. The summed E-state index contributed by atoms with van der Waals surface area (Å²) < 4.78 is 0. The van der Waals surface area contributed by atoms with Crippen molar-refractivity contribution in [2.24, 2.45) is 11.1 Å². The van der Waals surface area contributed by atoms with Crippen LogP contribution in [0.3, 0.4) is 0 Å². The van der Waals surface area contributed by atoms with E-state index in [1.165, 1.54) is 12.8 Å². The number of hydrogen-bond acceptors (Lipinski definition) is 2. The van der Waals surface area contributed by atoms with E-state index in [4.69, 9.17) is 5.73 Å². The Hall–Kier alpha value is -0.860. The summed E-state index contributed by atoms with van der Waals surface area (Å²) >= 11 is 0. The first kappa shape index (κ1) is 11.6. The number of aliphatic hydroxyl groups is 1. The van der Waals surface area contributed by atoms with Crippen LogP contribution in [0.15, 0.2) is 30.3 Å². The van der Waals surface area contributed by atoms with Crippen LogP contribution in [0.1, 0.15) is 38.2 Å². The molecule has 2 rings (SSSR count). The van der Waals surface area contributed by atoms with Gasteiger partial charge in [-0.05, 0) is 25.3 Å². The molecular weight excluding hydrogens is 198 g/mol. The fourth-order valence-electron chi connectivity index (χ4n) is 3.01. The van der Waals surface area contributed by atoms with Gasteiger partial charge >= 0.3 is 0 Å². The van der Waals surface area contributed by atoms with Crippen LogP contribution >= 0.6 is 0 Å². The lowest BCUT2D eigenvalue weighted by Crippen LogP contribution is -2.46. The summed E-state index contributed by atoms with van der Waals surface area (Å²) in [5, 5.41) is 10.9. The van der Waals surface area contributed by atoms with Crippen molar-refractivity contribution in [1.82, 2.24) is 0 Å². The zero-order chi connectivity index (χ0) is 11.6. The van der Waals surface area contributed by atoms with Gasteiger partial charge < -0.3 is 10.8 Å². The van der Waals surface area contributed by atoms with E-state index in [-0.39, 0.29) is 5.41 Å². The van der Waals surface area contributed by atoms with E-state index in [0.29, 0.717) is 6.54 Å². The van der Waals surface area contributed by atoms with Gasteiger partial charge in [-0.25, -0.2) is 0 Å². The molecule has 88 valence electrons. The highest BCUT2D eigenvalue weighted by molar-refractivity contribution is 5.25. The standard InChI is InChI=1S/C14H21NO/c1-13(16,12-7-3-2-4-8-12)14(11-15)9-5-6-10-14/h2-4,7-8,16H,5-6,9-11,15H2,1H3. The highest BCUT2D eigenvalue weighted by Crippen LogP contribution is 2.50. The highest BCUT2D eigenvalue weighted by atomic mass is 16.3. The fraction of sp³-hybridized carbons (Fsp3) is 0.571. The lowest BCUT2D eigenvalue weighted by atomic mass is 9.68. The van der Waals surface area contributed by atoms with Gasteiger partial charge in [0.1, 0.15) is 0 Å². The van der Waals surface area contributed by atoms with E-state index in [2.05, 4.69) is 0 Å². The zero-order valence-corrected chi connectivity index (χ0v) is 9.95. The zero-order valence-electron chi connectivity index (χ0n) is 9.95. The Balaban J connectivity index is 2.37. The third-order valence-electron chi connectivity index (χ3n) is 4.32. The Labute approximate surface area is 97.5 Å².